The summed E-state index contributed by atoms with van der Waals surface area (Å²) in [6, 6.07) is 18.8. The van der Waals surface area contributed by atoms with E-state index in [1.165, 1.54) is 0 Å². The molecule has 2 aromatic carbocycles. The zero-order valence-electron chi connectivity index (χ0n) is 14.7. The van der Waals surface area contributed by atoms with Crippen LogP contribution < -0.4 is 4.90 Å². The molecule has 1 amide bonds. The summed E-state index contributed by atoms with van der Waals surface area (Å²) >= 11 is 12.2. The van der Waals surface area contributed by atoms with E-state index in [9.17, 15) is 4.79 Å². The Labute approximate surface area is 171 Å². The highest BCUT2D eigenvalue weighted by atomic mass is 35.5. The van der Waals surface area contributed by atoms with Gasteiger partial charge in [-0.2, -0.15) is 0 Å². The predicted octanol–water partition coefficient (Wildman–Crippen LogP) is 5.48. The molecular formula is C22H15Cl2N3O. The van der Waals surface area contributed by atoms with Crippen molar-refractivity contribution in [2.24, 2.45) is 0 Å². The average molecular weight is 408 g/mol. The maximum Gasteiger partial charge on any atom is 0.255 e. The standard InChI is InChI=1S/C22H15Cl2N3O/c23-16-6-7-19-17(11-16)21(26-10-9-15-3-1-2-4-18(15)26)22(28)27(19)13-14-5-8-20(24)25-12-14/h1-12,21H,13H2. The first-order valence-corrected chi connectivity index (χ1v) is 9.64. The van der Waals surface area contributed by atoms with E-state index in [2.05, 4.69) is 4.98 Å². The van der Waals surface area contributed by atoms with Crippen LogP contribution in [0.4, 0.5) is 5.69 Å². The van der Waals surface area contributed by atoms with Gasteiger partial charge in [0, 0.05) is 28.5 Å². The second-order valence-corrected chi connectivity index (χ2v) is 7.62. The summed E-state index contributed by atoms with van der Waals surface area (Å²) < 4.78 is 2.02. The number of hydrogen-bond acceptors (Lipinski definition) is 2. The van der Waals surface area contributed by atoms with Crippen molar-refractivity contribution in [2.75, 3.05) is 4.90 Å². The van der Waals surface area contributed by atoms with Crippen LogP contribution in [0.25, 0.3) is 10.9 Å². The Morgan fingerprint density at radius 3 is 2.68 bits per heavy atom. The zero-order chi connectivity index (χ0) is 19.3. The van der Waals surface area contributed by atoms with Gasteiger partial charge in [0.1, 0.15) is 11.2 Å². The molecule has 0 N–H and O–H groups in total. The van der Waals surface area contributed by atoms with Gasteiger partial charge in [-0.05, 0) is 47.3 Å². The number of benzene rings is 2. The molecule has 6 heteroatoms. The van der Waals surface area contributed by atoms with Crippen LogP contribution in [-0.2, 0) is 11.3 Å². The highest BCUT2D eigenvalue weighted by Crippen LogP contribution is 2.41. The number of amides is 1. The van der Waals surface area contributed by atoms with Gasteiger partial charge in [-0.15, -0.1) is 0 Å². The van der Waals surface area contributed by atoms with Crippen LogP contribution in [0.2, 0.25) is 10.2 Å². The monoisotopic (exact) mass is 407 g/mol. The van der Waals surface area contributed by atoms with Crippen LogP contribution in [0, 0.1) is 0 Å². The van der Waals surface area contributed by atoms with Gasteiger partial charge in [-0.3, -0.25) is 4.79 Å². The molecule has 1 aliphatic heterocycles. The number of rotatable bonds is 3. The molecule has 0 fully saturated rings. The van der Waals surface area contributed by atoms with E-state index in [-0.39, 0.29) is 5.91 Å². The Bertz CT molecular complexity index is 1200. The number of aromatic nitrogens is 2. The lowest BCUT2D eigenvalue weighted by atomic mass is 10.1. The van der Waals surface area contributed by atoms with Crippen molar-refractivity contribution in [1.29, 1.82) is 0 Å². The third-order valence-electron chi connectivity index (χ3n) is 5.11. The van der Waals surface area contributed by atoms with Gasteiger partial charge in [0.2, 0.25) is 0 Å². The minimum atomic E-state index is -0.450. The van der Waals surface area contributed by atoms with E-state index < -0.39 is 6.04 Å². The molecule has 4 nitrogen and oxygen atoms in total. The minimum Gasteiger partial charge on any atom is -0.331 e. The van der Waals surface area contributed by atoms with Gasteiger partial charge >= 0.3 is 0 Å². The van der Waals surface area contributed by atoms with Crippen molar-refractivity contribution >= 4 is 45.7 Å². The minimum absolute atomic E-state index is 0.00793. The first-order valence-electron chi connectivity index (χ1n) is 8.88. The van der Waals surface area contributed by atoms with Crippen LogP contribution >= 0.6 is 23.2 Å². The van der Waals surface area contributed by atoms with E-state index >= 15 is 0 Å². The molecule has 3 heterocycles. The number of carbonyl (C=O) groups excluding carboxylic acids is 1. The third kappa shape index (κ3) is 2.77. The third-order valence-corrected chi connectivity index (χ3v) is 5.57. The molecule has 0 saturated heterocycles. The Morgan fingerprint density at radius 1 is 1.00 bits per heavy atom. The van der Waals surface area contributed by atoms with Crippen LogP contribution in [0.1, 0.15) is 17.2 Å². The lowest BCUT2D eigenvalue weighted by molar-refractivity contribution is -0.119. The van der Waals surface area contributed by atoms with E-state index in [0.717, 1.165) is 27.7 Å². The Balaban J connectivity index is 1.62. The van der Waals surface area contributed by atoms with Crippen molar-refractivity contribution < 1.29 is 4.79 Å². The number of nitrogens with zero attached hydrogens (tertiary/aromatic N) is 3. The van der Waals surface area contributed by atoms with Crippen LogP contribution in [0.5, 0.6) is 0 Å². The summed E-state index contributed by atoms with van der Waals surface area (Å²) in [4.78, 5) is 19.4. The summed E-state index contributed by atoms with van der Waals surface area (Å²) in [7, 11) is 0. The first kappa shape index (κ1) is 17.3. The summed E-state index contributed by atoms with van der Waals surface area (Å²) in [5, 5.41) is 2.14. The van der Waals surface area contributed by atoms with Crippen molar-refractivity contribution in [3.8, 4) is 0 Å². The van der Waals surface area contributed by atoms with E-state index in [1.807, 2.05) is 65.4 Å². The lowest BCUT2D eigenvalue weighted by Crippen LogP contribution is -2.30. The highest BCUT2D eigenvalue weighted by Gasteiger charge is 2.39. The van der Waals surface area contributed by atoms with Crippen LogP contribution in [0.3, 0.4) is 0 Å². The Kier molecular flexibility index (Phi) is 4.11. The smallest absolute Gasteiger partial charge is 0.255 e. The van der Waals surface area contributed by atoms with E-state index in [0.29, 0.717) is 16.7 Å². The molecule has 0 saturated carbocycles. The van der Waals surface area contributed by atoms with Gasteiger partial charge in [-0.25, -0.2) is 4.98 Å². The summed E-state index contributed by atoms with van der Waals surface area (Å²) in [6.07, 6.45) is 3.66. The number of carbonyl (C=O) groups is 1. The van der Waals surface area contributed by atoms with E-state index in [4.69, 9.17) is 23.2 Å². The number of pyridine rings is 1. The largest absolute Gasteiger partial charge is 0.331 e. The molecule has 0 spiro atoms. The van der Waals surface area contributed by atoms with Crippen molar-refractivity contribution in [2.45, 2.75) is 12.6 Å². The quantitative estimate of drug-likeness (QED) is 0.421. The van der Waals surface area contributed by atoms with Crippen molar-refractivity contribution in [3.63, 3.8) is 0 Å². The number of para-hydroxylation sites is 1. The van der Waals surface area contributed by atoms with Gasteiger partial charge in [0.15, 0.2) is 0 Å². The topological polar surface area (TPSA) is 38.1 Å². The average Bonchev–Trinajstić information content (AvgIpc) is 3.22. The molecule has 0 radical (unpaired) electrons. The maximum atomic E-state index is 13.5. The number of anilines is 1. The first-order chi connectivity index (χ1) is 13.6. The molecule has 1 unspecified atom stereocenters. The molecule has 0 bridgehead atoms. The molecule has 2 aromatic heterocycles. The zero-order valence-corrected chi connectivity index (χ0v) is 16.2. The predicted molar refractivity (Wildman–Crippen MR) is 112 cm³/mol. The van der Waals surface area contributed by atoms with Gasteiger partial charge < -0.3 is 9.47 Å². The maximum absolute atomic E-state index is 13.5. The van der Waals surface area contributed by atoms with Crippen LogP contribution in [0.15, 0.2) is 73.1 Å². The lowest BCUT2D eigenvalue weighted by Gasteiger charge is -2.19. The Morgan fingerprint density at radius 2 is 1.86 bits per heavy atom. The molecular weight excluding hydrogens is 393 g/mol. The van der Waals surface area contributed by atoms with E-state index in [1.54, 1.807) is 17.2 Å². The fraction of sp³-hybridized carbons (Fsp3) is 0.0909. The Hall–Kier alpha value is -2.82. The molecule has 4 aromatic rings. The molecule has 1 aliphatic rings. The molecule has 138 valence electrons. The SMILES string of the molecule is O=C1C(n2ccc3ccccc32)c2cc(Cl)ccc2N1Cc1ccc(Cl)nc1. The summed E-state index contributed by atoms with van der Waals surface area (Å²) in [5.41, 5.74) is 3.70. The molecule has 5 rings (SSSR count). The fourth-order valence-electron chi connectivity index (χ4n) is 3.83. The second kappa shape index (κ2) is 6.66. The number of fused-ring (bicyclic) bond motifs is 2. The molecule has 28 heavy (non-hydrogen) atoms. The number of hydrogen-bond donors (Lipinski definition) is 0. The van der Waals surface area contributed by atoms with Gasteiger partial charge in [0.25, 0.3) is 5.91 Å². The molecule has 1 atom stereocenters. The molecule has 0 aliphatic carbocycles. The van der Waals surface area contributed by atoms with Gasteiger partial charge in [-0.1, -0.05) is 47.5 Å². The van der Waals surface area contributed by atoms with Crippen molar-refractivity contribution in [3.05, 3.63) is 94.4 Å². The fourth-order valence-corrected chi connectivity index (χ4v) is 4.13. The second-order valence-electron chi connectivity index (χ2n) is 6.80. The van der Waals surface area contributed by atoms with Crippen molar-refractivity contribution in [1.82, 2.24) is 9.55 Å². The number of halogens is 2. The summed E-state index contributed by atoms with van der Waals surface area (Å²) in [6.45, 7) is 0.424. The normalized spacial score (nSPS) is 16.0. The summed E-state index contributed by atoms with van der Waals surface area (Å²) in [5.74, 6) is 0.00793. The van der Waals surface area contributed by atoms with Crippen LogP contribution in [-0.4, -0.2) is 15.5 Å². The highest BCUT2D eigenvalue weighted by molar-refractivity contribution is 6.31. The van der Waals surface area contributed by atoms with Gasteiger partial charge in [0.05, 0.1) is 12.2 Å².